The Kier molecular flexibility index (Phi) is 5.07. The van der Waals surface area contributed by atoms with Gasteiger partial charge in [0.2, 0.25) is 0 Å². The molecule has 1 rings (SSSR count). The van der Waals surface area contributed by atoms with Gasteiger partial charge in [-0.05, 0) is 6.92 Å². The van der Waals surface area contributed by atoms with Crippen LogP contribution in [0.4, 0.5) is 4.79 Å². The number of ether oxygens (including phenoxy) is 1. The van der Waals surface area contributed by atoms with Gasteiger partial charge in [0.25, 0.3) is 0 Å². The van der Waals surface area contributed by atoms with Crippen molar-refractivity contribution >= 4 is 18.0 Å². The van der Waals surface area contributed by atoms with E-state index in [1.165, 1.54) is 31.1 Å². The molecule has 1 aromatic heterocycles. The molecule has 9 nitrogen and oxygen atoms in total. The number of urea groups is 1. The Morgan fingerprint density at radius 3 is 2.50 bits per heavy atom. The van der Waals surface area contributed by atoms with Crippen LogP contribution in [0.2, 0.25) is 0 Å². The second-order valence-corrected chi connectivity index (χ2v) is 4.08. The molecule has 20 heavy (non-hydrogen) atoms. The summed E-state index contributed by atoms with van der Waals surface area (Å²) < 4.78 is 5.86. The van der Waals surface area contributed by atoms with Crippen LogP contribution in [0.15, 0.2) is 12.4 Å². The first-order valence-electron chi connectivity index (χ1n) is 5.71. The van der Waals surface area contributed by atoms with Gasteiger partial charge in [0.05, 0.1) is 13.3 Å². The van der Waals surface area contributed by atoms with E-state index in [1.807, 2.05) is 0 Å². The number of esters is 1. The Labute approximate surface area is 114 Å². The Balaban J connectivity index is 2.70. The first-order valence-corrected chi connectivity index (χ1v) is 5.71. The lowest BCUT2D eigenvalue weighted by Crippen LogP contribution is -2.47. The van der Waals surface area contributed by atoms with Crippen LogP contribution in [0, 0.1) is 0 Å². The van der Waals surface area contributed by atoms with Crippen molar-refractivity contribution in [1.29, 1.82) is 0 Å². The number of carbonyl (C=O) groups is 3. The number of hydrogen-bond donors (Lipinski definition) is 3. The van der Waals surface area contributed by atoms with Gasteiger partial charge in [-0.2, -0.15) is 5.10 Å². The Morgan fingerprint density at radius 1 is 1.40 bits per heavy atom. The summed E-state index contributed by atoms with van der Waals surface area (Å²) in [6.07, 6.45) is 2.81. The minimum Gasteiger partial charge on any atom is -0.479 e. The fraction of sp³-hybridized carbons (Fsp3) is 0.455. The number of nitrogens with one attached hydrogen (secondary N) is 2. The molecule has 0 fully saturated rings. The summed E-state index contributed by atoms with van der Waals surface area (Å²) >= 11 is 0. The molecule has 3 N–H and O–H groups in total. The van der Waals surface area contributed by atoms with Gasteiger partial charge in [0.15, 0.2) is 6.04 Å². The Hall–Kier alpha value is -2.58. The van der Waals surface area contributed by atoms with Crippen molar-refractivity contribution in [2.75, 3.05) is 7.11 Å². The lowest BCUT2D eigenvalue weighted by molar-refractivity contribution is -0.142. The molecule has 2 unspecified atom stereocenters. The highest BCUT2D eigenvalue weighted by molar-refractivity contribution is 5.86. The van der Waals surface area contributed by atoms with E-state index in [-0.39, 0.29) is 0 Å². The van der Waals surface area contributed by atoms with Gasteiger partial charge in [0, 0.05) is 18.8 Å². The molecular weight excluding hydrogens is 268 g/mol. The molecule has 0 aliphatic rings. The summed E-state index contributed by atoms with van der Waals surface area (Å²) in [5.74, 6) is -1.87. The third-order valence-electron chi connectivity index (χ3n) is 2.48. The maximum absolute atomic E-state index is 11.6. The summed E-state index contributed by atoms with van der Waals surface area (Å²) in [5, 5.41) is 17.5. The van der Waals surface area contributed by atoms with Crippen molar-refractivity contribution < 1.29 is 24.2 Å². The Bertz CT molecular complexity index is 513. The number of carboxylic acid groups (broad SMARTS) is 1. The lowest BCUT2D eigenvalue weighted by Gasteiger charge is -2.16. The zero-order valence-electron chi connectivity index (χ0n) is 11.3. The molecule has 0 bridgehead atoms. The fourth-order valence-electron chi connectivity index (χ4n) is 1.48. The number of aryl methyl sites for hydroxylation is 1. The molecule has 0 saturated heterocycles. The number of carboxylic acids is 1. The number of amides is 2. The number of methoxy groups -OCH3 is 1. The molecule has 0 radical (unpaired) electrons. The number of hydrogen-bond acceptors (Lipinski definition) is 5. The number of aliphatic carboxylic acids is 1. The third kappa shape index (κ3) is 3.97. The van der Waals surface area contributed by atoms with E-state index in [0.717, 1.165) is 0 Å². The predicted octanol–water partition coefficient (Wildman–Crippen LogP) is -0.593. The zero-order valence-corrected chi connectivity index (χ0v) is 11.3. The van der Waals surface area contributed by atoms with Crippen LogP contribution in [-0.4, -0.2) is 46.0 Å². The number of nitrogens with zero attached hydrogens (tertiary/aromatic N) is 2. The van der Waals surface area contributed by atoms with Gasteiger partial charge in [-0.15, -0.1) is 0 Å². The van der Waals surface area contributed by atoms with Crippen molar-refractivity contribution in [3.63, 3.8) is 0 Å². The minimum atomic E-state index is -1.26. The van der Waals surface area contributed by atoms with Crippen molar-refractivity contribution in [3.8, 4) is 0 Å². The van der Waals surface area contributed by atoms with Crippen LogP contribution in [0.3, 0.4) is 0 Å². The van der Waals surface area contributed by atoms with Gasteiger partial charge in [-0.1, -0.05) is 0 Å². The van der Waals surface area contributed by atoms with E-state index < -0.39 is 30.1 Å². The van der Waals surface area contributed by atoms with Crippen LogP contribution in [0.5, 0.6) is 0 Å². The van der Waals surface area contributed by atoms with Gasteiger partial charge in [-0.3, -0.25) is 4.68 Å². The Morgan fingerprint density at radius 2 is 2.05 bits per heavy atom. The second-order valence-electron chi connectivity index (χ2n) is 4.08. The molecule has 0 aromatic carbocycles. The average Bonchev–Trinajstić information content (AvgIpc) is 2.80. The van der Waals surface area contributed by atoms with E-state index in [4.69, 9.17) is 5.11 Å². The predicted molar refractivity (Wildman–Crippen MR) is 66.7 cm³/mol. The quantitative estimate of drug-likeness (QED) is 0.621. The highest BCUT2D eigenvalue weighted by Gasteiger charge is 2.25. The van der Waals surface area contributed by atoms with Crippen LogP contribution in [0.1, 0.15) is 18.5 Å². The van der Waals surface area contributed by atoms with E-state index in [0.29, 0.717) is 5.56 Å². The van der Waals surface area contributed by atoms with E-state index in [1.54, 1.807) is 7.05 Å². The normalized spacial score (nSPS) is 13.2. The zero-order chi connectivity index (χ0) is 15.3. The number of aromatic nitrogens is 2. The molecule has 9 heteroatoms. The van der Waals surface area contributed by atoms with Crippen LogP contribution in [-0.2, 0) is 21.4 Å². The molecule has 0 aliphatic heterocycles. The molecule has 2 atom stereocenters. The first-order chi connectivity index (χ1) is 9.35. The van der Waals surface area contributed by atoms with Gasteiger partial charge in [-0.25, -0.2) is 14.4 Å². The summed E-state index contributed by atoms with van der Waals surface area (Å²) in [4.78, 5) is 33.9. The van der Waals surface area contributed by atoms with Crippen molar-refractivity contribution in [2.45, 2.75) is 19.0 Å². The van der Waals surface area contributed by atoms with Crippen molar-refractivity contribution in [1.82, 2.24) is 20.4 Å². The molecule has 1 aromatic rings. The smallest absolute Gasteiger partial charge is 0.331 e. The van der Waals surface area contributed by atoms with Gasteiger partial charge >= 0.3 is 18.0 Å². The summed E-state index contributed by atoms with van der Waals surface area (Å²) in [6.45, 7) is 1.42. The van der Waals surface area contributed by atoms with Crippen LogP contribution >= 0.6 is 0 Å². The van der Waals surface area contributed by atoms with E-state index in [9.17, 15) is 14.4 Å². The summed E-state index contributed by atoms with van der Waals surface area (Å²) in [5.41, 5.74) is 0.320. The lowest BCUT2D eigenvalue weighted by atomic mass is 10.1. The second kappa shape index (κ2) is 6.55. The maximum Gasteiger partial charge on any atom is 0.331 e. The van der Waals surface area contributed by atoms with Crippen molar-refractivity contribution in [3.05, 3.63) is 18.0 Å². The van der Waals surface area contributed by atoms with E-state index >= 15 is 0 Å². The SMILES string of the molecule is COC(=O)C(C)NC(=O)NC(C(=O)O)c1cnn(C)c1. The number of rotatable bonds is 5. The highest BCUT2D eigenvalue weighted by Crippen LogP contribution is 2.11. The average molecular weight is 284 g/mol. The van der Waals surface area contributed by atoms with Crippen molar-refractivity contribution in [2.24, 2.45) is 7.05 Å². The molecule has 0 saturated carbocycles. The van der Waals surface area contributed by atoms with Gasteiger partial charge < -0.3 is 20.5 Å². The first kappa shape index (κ1) is 15.5. The third-order valence-corrected chi connectivity index (χ3v) is 2.48. The van der Waals surface area contributed by atoms with Gasteiger partial charge in [0.1, 0.15) is 6.04 Å². The monoisotopic (exact) mass is 284 g/mol. The highest BCUT2D eigenvalue weighted by atomic mass is 16.5. The summed E-state index contributed by atoms with van der Waals surface area (Å²) in [6, 6.07) is -2.93. The van der Waals surface area contributed by atoms with Crippen LogP contribution in [0.25, 0.3) is 0 Å². The standard InChI is InChI=1S/C11H16N4O5/c1-6(10(18)20-3)13-11(19)14-8(9(16)17)7-4-12-15(2)5-7/h4-6,8H,1-3H3,(H,16,17)(H2,13,14,19). The van der Waals surface area contributed by atoms with Crippen LogP contribution < -0.4 is 10.6 Å². The minimum absolute atomic E-state index is 0.320. The molecule has 0 spiro atoms. The van der Waals surface area contributed by atoms with E-state index in [2.05, 4.69) is 20.5 Å². The fourth-order valence-corrected chi connectivity index (χ4v) is 1.48. The summed E-state index contributed by atoms with van der Waals surface area (Å²) in [7, 11) is 2.82. The topological polar surface area (TPSA) is 123 Å². The molecule has 1 heterocycles. The molecular formula is C11H16N4O5. The molecule has 2 amide bonds. The molecule has 110 valence electrons. The maximum atomic E-state index is 11.6. The largest absolute Gasteiger partial charge is 0.479 e. The molecule has 0 aliphatic carbocycles. The number of carbonyl (C=O) groups excluding carboxylic acids is 2.